The van der Waals surface area contributed by atoms with Gasteiger partial charge in [0.15, 0.2) is 0 Å². The summed E-state index contributed by atoms with van der Waals surface area (Å²) in [5.41, 5.74) is 1.23. The molecule has 0 N–H and O–H groups in total. The molecule has 0 saturated heterocycles. The lowest BCUT2D eigenvalue weighted by Gasteiger charge is -2.07. The van der Waals surface area contributed by atoms with Gasteiger partial charge in [-0.05, 0) is 55.4 Å². The van der Waals surface area contributed by atoms with Gasteiger partial charge in [0.1, 0.15) is 16.2 Å². The van der Waals surface area contributed by atoms with Crippen molar-refractivity contribution < 1.29 is 0 Å². The van der Waals surface area contributed by atoms with E-state index in [1.807, 2.05) is 0 Å². The van der Waals surface area contributed by atoms with Crippen LogP contribution >= 0.6 is 23.1 Å². The minimum Gasteiger partial charge on any atom is -0.229 e. The first kappa shape index (κ1) is 13.4. The van der Waals surface area contributed by atoms with E-state index in [0.717, 1.165) is 20.4 Å². The van der Waals surface area contributed by atoms with Crippen molar-refractivity contribution in [1.82, 2.24) is 30.2 Å². The average molecular weight is 306 g/mol. The van der Waals surface area contributed by atoms with Crippen molar-refractivity contribution >= 4 is 33.3 Å². The highest BCUT2D eigenvalue weighted by Gasteiger charge is 2.17. The molecule has 0 radical (unpaired) electrons. The van der Waals surface area contributed by atoms with Crippen LogP contribution in [0.25, 0.3) is 10.2 Å². The number of aryl methyl sites for hydroxylation is 2. The van der Waals surface area contributed by atoms with E-state index in [9.17, 15) is 0 Å². The lowest BCUT2D eigenvalue weighted by atomic mass is 10.2. The third-order valence-corrected chi connectivity index (χ3v) is 5.14. The molecule has 104 valence electrons. The molecule has 0 bridgehead atoms. The van der Waals surface area contributed by atoms with Crippen molar-refractivity contribution in [3.8, 4) is 0 Å². The summed E-state index contributed by atoms with van der Waals surface area (Å²) in [5.74, 6) is 0. The van der Waals surface area contributed by atoms with Crippen LogP contribution in [0, 0.1) is 13.8 Å². The molecule has 0 aliphatic rings. The Bertz CT molecular complexity index is 760. The molecular formula is C12H14N6S2. The summed E-state index contributed by atoms with van der Waals surface area (Å²) in [6.45, 7) is 8.31. The maximum absolute atomic E-state index is 4.41. The standard InChI is InChI=1S/C12H14N6S2/c1-6(2)18-12(15-16-17-18)20-11-9-7(3)8(4)19-10(9)13-5-14-11/h5-6H,1-4H3. The molecule has 0 fully saturated rings. The molecular weight excluding hydrogens is 292 g/mol. The normalized spacial score (nSPS) is 11.7. The molecule has 3 aromatic rings. The number of thiophene rings is 1. The molecule has 20 heavy (non-hydrogen) atoms. The van der Waals surface area contributed by atoms with Gasteiger partial charge in [0.25, 0.3) is 0 Å². The molecule has 6 nitrogen and oxygen atoms in total. The first-order chi connectivity index (χ1) is 9.58. The predicted octanol–water partition coefficient (Wildman–Crippen LogP) is 3.03. The Kier molecular flexibility index (Phi) is 3.43. The van der Waals surface area contributed by atoms with E-state index in [1.54, 1.807) is 22.3 Å². The van der Waals surface area contributed by atoms with Gasteiger partial charge in [-0.25, -0.2) is 14.6 Å². The highest BCUT2D eigenvalue weighted by molar-refractivity contribution is 7.99. The van der Waals surface area contributed by atoms with E-state index in [0.29, 0.717) is 0 Å². The van der Waals surface area contributed by atoms with Crippen molar-refractivity contribution in [2.75, 3.05) is 0 Å². The van der Waals surface area contributed by atoms with E-state index in [2.05, 4.69) is 53.2 Å². The number of fused-ring (bicyclic) bond motifs is 1. The minimum atomic E-state index is 0.218. The fourth-order valence-corrected chi connectivity index (χ4v) is 3.99. The van der Waals surface area contributed by atoms with Crippen LogP contribution in [0.1, 0.15) is 30.3 Å². The van der Waals surface area contributed by atoms with Crippen molar-refractivity contribution in [3.63, 3.8) is 0 Å². The highest BCUT2D eigenvalue weighted by Crippen LogP contribution is 2.36. The quantitative estimate of drug-likeness (QED) is 0.693. The molecule has 0 aliphatic heterocycles. The van der Waals surface area contributed by atoms with Gasteiger partial charge in [-0.15, -0.1) is 16.4 Å². The third kappa shape index (κ3) is 2.18. The van der Waals surface area contributed by atoms with Crippen LogP contribution in [0.2, 0.25) is 0 Å². The maximum Gasteiger partial charge on any atom is 0.215 e. The summed E-state index contributed by atoms with van der Waals surface area (Å²) in [4.78, 5) is 11.0. The van der Waals surface area contributed by atoms with Crippen LogP contribution in [-0.2, 0) is 0 Å². The second-order valence-corrected chi connectivity index (χ2v) is 6.90. The zero-order valence-electron chi connectivity index (χ0n) is 11.7. The minimum absolute atomic E-state index is 0.218. The predicted molar refractivity (Wildman–Crippen MR) is 79.2 cm³/mol. The Morgan fingerprint density at radius 3 is 2.80 bits per heavy atom. The van der Waals surface area contributed by atoms with E-state index in [1.165, 1.54) is 22.2 Å². The van der Waals surface area contributed by atoms with Gasteiger partial charge in [0.05, 0.1) is 6.04 Å². The topological polar surface area (TPSA) is 69.4 Å². The summed E-state index contributed by atoms with van der Waals surface area (Å²) in [7, 11) is 0. The van der Waals surface area contributed by atoms with Gasteiger partial charge >= 0.3 is 0 Å². The smallest absolute Gasteiger partial charge is 0.215 e. The monoisotopic (exact) mass is 306 g/mol. The van der Waals surface area contributed by atoms with Crippen LogP contribution in [0.4, 0.5) is 0 Å². The summed E-state index contributed by atoms with van der Waals surface area (Å²) < 4.78 is 1.80. The van der Waals surface area contributed by atoms with Crippen LogP contribution in [0.5, 0.6) is 0 Å². The molecule has 3 rings (SSSR count). The number of nitrogens with zero attached hydrogens (tertiary/aromatic N) is 6. The maximum atomic E-state index is 4.41. The Morgan fingerprint density at radius 1 is 1.25 bits per heavy atom. The Labute approximate surface area is 124 Å². The van der Waals surface area contributed by atoms with Gasteiger partial charge in [0, 0.05) is 10.3 Å². The summed E-state index contributed by atoms with van der Waals surface area (Å²) in [6, 6.07) is 0.218. The van der Waals surface area contributed by atoms with Crippen LogP contribution < -0.4 is 0 Å². The lowest BCUT2D eigenvalue weighted by molar-refractivity contribution is 0.477. The van der Waals surface area contributed by atoms with E-state index < -0.39 is 0 Å². The van der Waals surface area contributed by atoms with E-state index in [4.69, 9.17) is 0 Å². The number of hydrogen-bond donors (Lipinski definition) is 0. The zero-order valence-corrected chi connectivity index (χ0v) is 13.3. The second-order valence-electron chi connectivity index (χ2n) is 4.74. The summed E-state index contributed by atoms with van der Waals surface area (Å²) in [5, 5.41) is 14.6. The fourth-order valence-electron chi connectivity index (χ4n) is 1.89. The van der Waals surface area contributed by atoms with Crippen LogP contribution in [-0.4, -0.2) is 30.2 Å². The molecule has 0 spiro atoms. The van der Waals surface area contributed by atoms with Crippen molar-refractivity contribution in [1.29, 1.82) is 0 Å². The Morgan fingerprint density at radius 2 is 2.05 bits per heavy atom. The van der Waals surface area contributed by atoms with Crippen molar-refractivity contribution in [3.05, 3.63) is 16.8 Å². The number of hydrogen-bond acceptors (Lipinski definition) is 7. The van der Waals surface area contributed by atoms with Crippen molar-refractivity contribution in [2.45, 2.75) is 43.9 Å². The largest absolute Gasteiger partial charge is 0.229 e. The first-order valence-electron chi connectivity index (χ1n) is 6.24. The molecule has 0 unspecified atom stereocenters. The molecule has 0 saturated carbocycles. The third-order valence-electron chi connectivity index (χ3n) is 3.07. The Balaban J connectivity index is 2.09. The van der Waals surface area contributed by atoms with E-state index in [-0.39, 0.29) is 6.04 Å². The summed E-state index contributed by atoms with van der Waals surface area (Å²) >= 11 is 3.18. The average Bonchev–Trinajstić information content (AvgIpc) is 2.96. The zero-order chi connectivity index (χ0) is 14.3. The summed E-state index contributed by atoms with van der Waals surface area (Å²) in [6.07, 6.45) is 1.60. The van der Waals surface area contributed by atoms with Gasteiger partial charge in [-0.3, -0.25) is 0 Å². The fraction of sp³-hybridized carbons (Fsp3) is 0.417. The second kappa shape index (κ2) is 5.10. The molecule has 0 atom stereocenters. The molecule has 8 heteroatoms. The van der Waals surface area contributed by atoms with Crippen molar-refractivity contribution in [2.24, 2.45) is 0 Å². The Hall–Kier alpha value is -1.54. The van der Waals surface area contributed by atoms with Gasteiger partial charge in [-0.1, -0.05) is 0 Å². The molecule has 3 heterocycles. The molecule has 0 aromatic carbocycles. The van der Waals surface area contributed by atoms with Gasteiger partial charge < -0.3 is 0 Å². The van der Waals surface area contributed by atoms with Crippen LogP contribution in [0.3, 0.4) is 0 Å². The van der Waals surface area contributed by atoms with Gasteiger partial charge in [0.2, 0.25) is 5.16 Å². The number of aromatic nitrogens is 6. The molecule has 0 amide bonds. The first-order valence-corrected chi connectivity index (χ1v) is 7.87. The van der Waals surface area contributed by atoms with Crippen LogP contribution in [0.15, 0.2) is 16.5 Å². The highest BCUT2D eigenvalue weighted by atomic mass is 32.2. The number of tetrazole rings is 1. The molecule has 0 aliphatic carbocycles. The molecule has 3 aromatic heterocycles. The van der Waals surface area contributed by atoms with Gasteiger partial charge in [-0.2, -0.15) is 0 Å². The number of rotatable bonds is 3. The lowest BCUT2D eigenvalue weighted by Crippen LogP contribution is -2.04. The van der Waals surface area contributed by atoms with E-state index >= 15 is 0 Å². The SMILES string of the molecule is Cc1sc2ncnc(Sc3nnnn3C(C)C)c2c1C.